The summed E-state index contributed by atoms with van der Waals surface area (Å²) in [5, 5.41) is 10.6. The van der Waals surface area contributed by atoms with Crippen molar-refractivity contribution in [1.82, 2.24) is 19.8 Å². The minimum Gasteiger partial charge on any atom is -0.353 e. The van der Waals surface area contributed by atoms with E-state index in [1.807, 2.05) is 91.7 Å². The molecule has 1 fully saturated rings. The quantitative estimate of drug-likeness (QED) is 0.324. The molecule has 3 aromatic rings. The first-order chi connectivity index (χ1) is 20.8. The van der Waals surface area contributed by atoms with Gasteiger partial charge in [0.15, 0.2) is 6.17 Å². The molecule has 5 rings (SSSR count). The van der Waals surface area contributed by atoms with Gasteiger partial charge in [0.1, 0.15) is 17.0 Å². The number of para-hydroxylation sites is 1. The Morgan fingerprint density at radius 3 is 2.60 bits per heavy atom. The van der Waals surface area contributed by atoms with Crippen LogP contribution >= 0.6 is 0 Å². The molecule has 2 aliphatic rings. The van der Waals surface area contributed by atoms with Crippen LogP contribution in [0.1, 0.15) is 31.4 Å². The van der Waals surface area contributed by atoms with Gasteiger partial charge in [-0.25, -0.2) is 8.51 Å². The van der Waals surface area contributed by atoms with Crippen molar-refractivity contribution in [2.24, 2.45) is 5.92 Å². The van der Waals surface area contributed by atoms with E-state index in [-0.39, 0.29) is 30.2 Å². The van der Waals surface area contributed by atoms with E-state index in [0.717, 1.165) is 16.3 Å². The highest BCUT2D eigenvalue weighted by Crippen LogP contribution is 2.38. The number of amides is 3. The van der Waals surface area contributed by atoms with E-state index in [1.54, 1.807) is 10.4 Å². The zero-order chi connectivity index (χ0) is 30.5. The lowest BCUT2D eigenvalue weighted by Crippen LogP contribution is -2.59. The summed E-state index contributed by atoms with van der Waals surface area (Å²) in [5.41, 5.74) is 1.62. The summed E-state index contributed by atoms with van der Waals surface area (Å²) in [5.74, 6) is -1.26. The summed E-state index contributed by atoms with van der Waals surface area (Å²) in [6.07, 6.45) is 5.31. The number of carbonyl (C=O) groups is 3. The van der Waals surface area contributed by atoms with Gasteiger partial charge < -0.3 is 16.0 Å². The van der Waals surface area contributed by atoms with Crippen molar-refractivity contribution in [3.63, 3.8) is 0 Å². The van der Waals surface area contributed by atoms with Crippen molar-refractivity contribution < 1.29 is 18.6 Å². The lowest BCUT2D eigenvalue weighted by atomic mass is 9.88. The first kappa shape index (κ1) is 30.3. The second kappa shape index (κ2) is 13.5. The summed E-state index contributed by atoms with van der Waals surface area (Å²) in [6, 6.07) is 19.7. The molecule has 43 heavy (non-hydrogen) atoms. The molecular formula is C33H37N5O4S. The number of hydrogen-bond acceptors (Lipinski definition) is 5. The van der Waals surface area contributed by atoms with Crippen molar-refractivity contribution in [1.29, 1.82) is 0 Å². The van der Waals surface area contributed by atoms with Crippen molar-refractivity contribution in [3.8, 4) is 0 Å². The molecule has 0 aliphatic carbocycles. The van der Waals surface area contributed by atoms with E-state index in [0.29, 0.717) is 30.1 Å². The van der Waals surface area contributed by atoms with E-state index >= 15 is 0 Å². The van der Waals surface area contributed by atoms with Crippen LogP contribution in [0.15, 0.2) is 96.4 Å². The fourth-order valence-corrected chi connectivity index (χ4v) is 7.31. The topological polar surface area (TPSA) is 111 Å². The number of fused-ring (bicyclic) bond motifs is 2. The van der Waals surface area contributed by atoms with E-state index in [9.17, 15) is 18.6 Å². The van der Waals surface area contributed by atoms with Crippen LogP contribution in [0.4, 0.5) is 5.69 Å². The average molecular weight is 600 g/mol. The predicted molar refractivity (Wildman–Crippen MR) is 169 cm³/mol. The third-order valence-electron chi connectivity index (χ3n) is 8.01. The van der Waals surface area contributed by atoms with Crippen LogP contribution < -0.4 is 16.0 Å². The summed E-state index contributed by atoms with van der Waals surface area (Å²) < 4.78 is 15.3. The molecule has 0 radical (unpaired) electrons. The van der Waals surface area contributed by atoms with Crippen molar-refractivity contribution in [2.45, 2.75) is 42.9 Å². The number of allylic oxidation sites excluding steroid dienone is 2. The van der Waals surface area contributed by atoms with Crippen LogP contribution in [0.2, 0.25) is 0 Å². The van der Waals surface area contributed by atoms with Gasteiger partial charge in [-0.05, 0) is 54.9 Å². The fourth-order valence-electron chi connectivity index (χ4n) is 5.97. The Bertz CT molecular complexity index is 1590. The second-order valence-electron chi connectivity index (χ2n) is 10.8. The molecule has 2 heterocycles. The van der Waals surface area contributed by atoms with Gasteiger partial charge in [0.25, 0.3) is 5.91 Å². The van der Waals surface area contributed by atoms with Crippen LogP contribution in [0.25, 0.3) is 10.8 Å². The van der Waals surface area contributed by atoms with Crippen LogP contribution in [-0.4, -0.2) is 63.5 Å². The van der Waals surface area contributed by atoms with Gasteiger partial charge in [-0.15, -0.1) is 6.58 Å². The Labute approximate surface area is 254 Å². The first-order valence-corrected chi connectivity index (χ1v) is 15.5. The zero-order valence-corrected chi connectivity index (χ0v) is 25.2. The molecule has 224 valence electrons. The van der Waals surface area contributed by atoms with Crippen molar-refractivity contribution in [3.05, 3.63) is 97.1 Å². The standard InChI is InChI=1S/C33H37N5O4S/c1-4-10-23(11-5-2)30-26-14-8-9-15-27(26)35-33(41)31(37(30)3)36-29(39)21-28-32(40)34-18-19-38(28)43(42)25-17-16-22-12-6-7-13-24(22)20-25/h4-9,11-17,20,23,28,30-31H,1,10,18-19,21H2,2-3H3,(H,34,40)(H,35,41)(H,36,39)/b11-5-. The van der Waals surface area contributed by atoms with Crippen LogP contribution in [0.3, 0.4) is 0 Å². The molecule has 0 spiro atoms. The molecule has 3 N–H and O–H groups in total. The van der Waals surface area contributed by atoms with Crippen LogP contribution in [0, 0.1) is 5.92 Å². The highest BCUT2D eigenvalue weighted by molar-refractivity contribution is 7.82. The second-order valence-corrected chi connectivity index (χ2v) is 12.2. The smallest absolute Gasteiger partial charge is 0.262 e. The number of hydrogen-bond donors (Lipinski definition) is 3. The largest absolute Gasteiger partial charge is 0.353 e. The van der Waals surface area contributed by atoms with Crippen molar-refractivity contribution >= 4 is 45.2 Å². The molecule has 2 aliphatic heterocycles. The molecule has 0 aromatic heterocycles. The van der Waals surface area contributed by atoms with E-state index in [2.05, 4.69) is 28.6 Å². The maximum Gasteiger partial charge on any atom is 0.262 e. The van der Waals surface area contributed by atoms with Crippen LogP contribution in [-0.2, 0) is 25.4 Å². The maximum atomic E-state index is 13.7. The number of carbonyl (C=O) groups excluding carboxylic acids is 3. The molecule has 10 heteroatoms. The Kier molecular flexibility index (Phi) is 9.49. The van der Waals surface area contributed by atoms with Gasteiger partial charge in [-0.2, -0.15) is 0 Å². The lowest BCUT2D eigenvalue weighted by Gasteiger charge is -2.37. The van der Waals surface area contributed by atoms with Gasteiger partial charge in [0.2, 0.25) is 11.8 Å². The third kappa shape index (κ3) is 6.46. The maximum absolute atomic E-state index is 13.7. The number of anilines is 1. The summed E-state index contributed by atoms with van der Waals surface area (Å²) in [7, 11) is 0.136. The Balaban J connectivity index is 1.38. The highest BCUT2D eigenvalue weighted by atomic mass is 32.2. The number of nitrogens with zero attached hydrogens (tertiary/aromatic N) is 2. The minimum absolute atomic E-state index is 0.00950. The third-order valence-corrected chi connectivity index (χ3v) is 9.53. The first-order valence-electron chi connectivity index (χ1n) is 14.4. The molecule has 9 nitrogen and oxygen atoms in total. The monoisotopic (exact) mass is 599 g/mol. The molecule has 0 saturated carbocycles. The van der Waals surface area contributed by atoms with Crippen LogP contribution in [0.5, 0.6) is 0 Å². The fraction of sp³-hybridized carbons (Fsp3) is 0.303. The normalized spacial score (nSPS) is 22.7. The molecule has 0 bridgehead atoms. The molecule has 5 atom stereocenters. The number of benzene rings is 3. The average Bonchev–Trinajstić information content (AvgIpc) is 3.10. The summed E-state index contributed by atoms with van der Waals surface area (Å²) in [6.45, 7) is 6.51. The number of piperazine rings is 1. The molecule has 3 aromatic carbocycles. The van der Waals surface area contributed by atoms with E-state index in [4.69, 9.17) is 0 Å². The van der Waals surface area contributed by atoms with E-state index in [1.165, 1.54) is 0 Å². The molecule has 5 unspecified atom stereocenters. The summed E-state index contributed by atoms with van der Waals surface area (Å²) >= 11 is 0. The lowest BCUT2D eigenvalue weighted by molar-refractivity contribution is -0.134. The van der Waals surface area contributed by atoms with Gasteiger partial charge >= 0.3 is 0 Å². The number of rotatable bonds is 9. The van der Waals surface area contributed by atoms with Crippen molar-refractivity contribution in [2.75, 3.05) is 25.5 Å². The molecule has 1 saturated heterocycles. The predicted octanol–water partition coefficient (Wildman–Crippen LogP) is 3.89. The molecular weight excluding hydrogens is 562 g/mol. The van der Waals surface area contributed by atoms with Gasteiger partial charge in [0.05, 0.1) is 11.3 Å². The zero-order valence-electron chi connectivity index (χ0n) is 24.4. The molecule has 3 amide bonds. The summed E-state index contributed by atoms with van der Waals surface area (Å²) in [4.78, 5) is 42.5. The Hall–Kier alpha value is -4.12. The van der Waals surface area contributed by atoms with Gasteiger partial charge in [-0.1, -0.05) is 66.8 Å². The minimum atomic E-state index is -1.67. The highest BCUT2D eigenvalue weighted by Gasteiger charge is 2.40. The number of nitrogens with one attached hydrogen (secondary N) is 3. The Morgan fingerprint density at radius 2 is 1.84 bits per heavy atom. The van der Waals surface area contributed by atoms with Gasteiger partial charge in [0, 0.05) is 30.7 Å². The SMILES string of the molecule is C=CCC(/C=C\C)C1c2ccccc2NC(=O)C(NC(=O)CC2C(=O)NCCN2S(=O)c2ccc3ccccc3c2)N1C. The van der Waals surface area contributed by atoms with Gasteiger partial charge in [-0.3, -0.25) is 19.3 Å². The van der Waals surface area contributed by atoms with E-state index < -0.39 is 29.1 Å². The number of likely N-dealkylation sites (N-methyl/N-ethyl adjacent to an activating group) is 1. The Morgan fingerprint density at radius 1 is 1.09 bits per heavy atom.